The van der Waals surface area contributed by atoms with Gasteiger partial charge < -0.3 is 10.6 Å². The van der Waals surface area contributed by atoms with E-state index >= 15 is 0 Å². The molecule has 0 amide bonds. The van der Waals surface area contributed by atoms with E-state index in [1.165, 1.54) is 4.68 Å². The number of aromatic nitrogens is 4. The van der Waals surface area contributed by atoms with Gasteiger partial charge in [0.05, 0.1) is 12.7 Å². The lowest BCUT2D eigenvalue weighted by molar-refractivity contribution is 0.465. The molecule has 3 rings (SSSR count). The minimum Gasteiger partial charge on any atom is -0.341 e. The van der Waals surface area contributed by atoms with Crippen LogP contribution in [0.1, 0.15) is 33.6 Å². The highest BCUT2D eigenvalue weighted by molar-refractivity contribution is 5.77. The molecule has 7 nitrogen and oxygen atoms in total. The summed E-state index contributed by atoms with van der Waals surface area (Å²) in [4.78, 5) is 19.8. The molecule has 0 aromatic carbocycles. The number of rotatable bonds is 4. The van der Waals surface area contributed by atoms with Crippen molar-refractivity contribution in [2.45, 2.75) is 52.7 Å². The number of fused-ring (bicyclic) bond motifs is 1. The maximum absolute atomic E-state index is 13.0. The van der Waals surface area contributed by atoms with Crippen molar-refractivity contribution in [3.8, 4) is 11.8 Å². The molecule has 1 aliphatic rings. The summed E-state index contributed by atoms with van der Waals surface area (Å²) in [5.74, 6) is 7.09. The Labute approximate surface area is 147 Å². The van der Waals surface area contributed by atoms with Crippen molar-refractivity contribution in [1.82, 2.24) is 19.3 Å². The molecule has 2 aromatic rings. The Morgan fingerprint density at radius 1 is 1.44 bits per heavy atom. The van der Waals surface area contributed by atoms with E-state index in [1.807, 2.05) is 4.57 Å². The number of hydrogen-bond acceptors (Lipinski definition) is 5. The zero-order valence-electron chi connectivity index (χ0n) is 15.2. The highest BCUT2D eigenvalue weighted by Crippen LogP contribution is 2.23. The molecule has 134 valence electrons. The third-order valence-electron chi connectivity index (χ3n) is 4.42. The fourth-order valence-corrected chi connectivity index (χ4v) is 3.29. The molecule has 1 unspecified atom stereocenters. The average molecular weight is 342 g/mol. The normalized spacial score (nSPS) is 17.8. The first-order valence-corrected chi connectivity index (χ1v) is 8.87. The van der Waals surface area contributed by atoms with Gasteiger partial charge in [-0.05, 0) is 25.7 Å². The monoisotopic (exact) mass is 342 g/mol. The van der Waals surface area contributed by atoms with Gasteiger partial charge in [0.25, 0.3) is 5.56 Å². The van der Waals surface area contributed by atoms with Crippen LogP contribution in [0.15, 0.2) is 11.0 Å². The van der Waals surface area contributed by atoms with Gasteiger partial charge in [-0.1, -0.05) is 19.8 Å². The van der Waals surface area contributed by atoms with E-state index in [-0.39, 0.29) is 11.6 Å². The Balaban J connectivity index is 2.14. The van der Waals surface area contributed by atoms with Gasteiger partial charge in [0.15, 0.2) is 0 Å². The summed E-state index contributed by atoms with van der Waals surface area (Å²) in [5, 5.41) is 4.29. The zero-order valence-corrected chi connectivity index (χ0v) is 15.2. The molecule has 2 aromatic heterocycles. The molecule has 3 heterocycles. The van der Waals surface area contributed by atoms with E-state index in [9.17, 15) is 4.79 Å². The minimum absolute atomic E-state index is 0.107. The zero-order chi connectivity index (χ0) is 18.0. The lowest BCUT2D eigenvalue weighted by Gasteiger charge is -2.31. The SMILES string of the molecule is CC#CCn1c(N2CCCC(N)C2)nc2cnn(CC(C)C)c(=O)c21. The van der Waals surface area contributed by atoms with Crippen LogP contribution in [0.25, 0.3) is 11.0 Å². The van der Waals surface area contributed by atoms with Gasteiger partial charge in [-0.2, -0.15) is 5.10 Å². The van der Waals surface area contributed by atoms with Crippen molar-refractivity contribution in [1.29, 1.82) is 0 Å². The minimum atomic E-state index is -0.107. The number of piperidine rings is 1. The fraction of sp³-hybridized carbons (Fsp3) is 0.611. The summed E-state index contributed by atoms with van der Waals surface area (Å²) in [5.41, 5.74) is 7.22. The molecule has 1 fully saturated rings. The molecule has 1 aliphatic heterocycles. The van der Waals surface area contributed by atoms with Gasteiger partial charge in [0.1, 0.15) is 11.0 Å². The summed E-state index contributed by atoms with van der Waals surface area (Å²) < 4.78 is 3.45. The van der Waals surface area contributed by atoms with E-state index < -0.39 is 0 Å². The Hall–Kier alpha value is -2.33. The molecule has 1 atom stereocenters. The summed E-state index contributed by atoms with van der Waals surface area (Å²) in [7, 11) is 0. The molecule has 7 heteroatoms. The summed E-state index contributed by atoms with van der Waals surface area (Å²) in [6, 6.07) is 0.134. The standard InChI is InChI=1S/C18H26N6O/c1-4-5-9-23-16-15(10-20-24(17(16)25)11-13(2)3)21-18(23)22-8-6-7-14(19)12-22/h10,13-14H,6-9,11-12,19H2,1-3H3. The van der Waals surface area contributed by atoms with Crippen LogP contribution in [0.5, 0.6) is 0 Å². The molecular weight excluding hydrogens is 316 g/mol. The lowest BCUT2D eigenvalue weighted by Crippen LogP contribution is -2.44. The number of nitrogens with two attached hydrogens (primary N) is 1. The van der Waals surface area contributed by atoms with Gasteiger partial charge in [0.2, 0.25) is 5.95 Å². The van der Waals surface area contributed by atoms with E-state index in [2.05, 4.69) is 35.7 Å². The van der Waals surface area contributed by atoms with Gasteiger partial charge in [-0.25, -0.2) is 9.67 Å². The molecule has 0 spiro atoms. The van der Waals surface area contributed by atoms with E-state index in [0.717, 1.165) is 31.9 Å². The molecular formula is C18H26N6O. The Morgan fingerprint density at radius 2 is 2.24 bits per heavy atom. The summed E-state index contributed by atoms with van der Waals surface area (Å²) in [6.07, 6.45) is 3.73. The Morgan fingerprint density at radius 3 is 2.92 bits per heavy atom. The van der Waals surface area contributed by atoms with Gasteiger partial charge in [-0.3, -0.25) is 9.36 Å². The van der Waals surface area contributed by atoms with Crippen LogP contribution in [-0.4, -0.2) is 38.5 Å². The molecule has 0 bridgehead atoms. The molecule has 2 N–H and O–H groups in total. The first-order chi connectivity index (χ1) is 12.0. The molecule has 1 saturated heterocycles. The highest BCUT2D eigenvalue weighted by atomic mass is 16.1. The maximum Gasteiger partial charge on any atom is 0.293 e. The largest absolute Gasteiger partial charge is 0.341 e. The van der Waals surface area contributed by atoms with Crippen molar-refractivity contribution in [3.63, 3.8) is 0 Å². The molecule has 25 heavy (non-hydrogen) atoms. The quantitative estimate of drug-likeness (QED) is 0.844. The van der Waals surface area contributed by atoms with Gasteiger partial charge in [-0.15, -0.1) is 5.92 Å². The van der Waals surface area contributed by atoms with Crippen LogP contribution in [-0.2, 0) is 13.1 Å². The first-order valence-electron chi connectivity index (χ1n) is 8.87. The second-order valence-corrected chi connectivity index (χ2v) is 7.03. The van der Waals surface area contributed by atoms with Crippen LogP contribution < -0.4 is 16.2 Å². The number of imidazole rings is 1. The third kappa shape index (κ3) is 3.54. The molecule has 0 radical (unpaired) electrons. The van der Waals surface area contributed by atoms with Crippen molar-refractivity contribution in [3.05, 3.63) is 16.6 Å². The van der Waals surface area contributed by atoms with Crippen LogP contribution in [0.4, 0.5) is 5.95 Å². The second-order valence-electron chi connectivity index (χ2n) is 7.03. The predicted octanol–water partition coefficient (Wildman–Crippen LogP) is 1.20. The Bertz CT molecular complexity index is 869. The topological polar surface area (TPSA) is 82.0 Å². The molecule has 0 saturated carbocycles. The van der Waals surface area contributed by atoms with Crippen LogP contribution >= 0.6 is 0 Å². The van der Waals surface area contributed by atoms with Crippen LogP contribution in [0.2, 0.25) is 0 Å². The smallest absolute Gasteiger partial charge is 0.293 e. The third-order valence-corrected chi connectivity index (χ3v) is 4.42. The number of nitrogens with zero attached hydrogens (tertiary/aromatic N) is 5. The first kappa shape index (κ1) is 17.5. The fourth-order valence-electron chi connectivity index (χ4n) is 3.29. The lowest BCUT2D eigenvalue weighted by atomic mass is 10.1. The summed E-state index contributed by atoms with van der Waals surface area (Å²) in [6.45, 7) is 8.60. The van der Waals surface area contributed by atoms with Crippen molar-refractivity contribution < 1.29 is 0 Å². The van der Waals surface area contributed by atoms with Gasteiger partial charge in [0, 0.05) is 25.7 Å². The number of anilines is 1. The number of hydrogen-bond donors (Lipinski definition) is 1. The predicted molar refractivity (Wildman–Crippen MR) is 99.5 cm³/mol. The second kappa shape index (κ2) is 7.28. The summed E-state index contributed by atoms with van der Waals surface area (Å²) >= 11 is 0. The van der Waals surface area contributed by atoms with Gasteiger partial charge >= 0.3 is 0 Å². The van der Waals surface area contributed by atoms with Crippen LogP contribution in [0.3, 0.4) is 0 Å². The Kier molecular flexibility index (Phi) is 5.09. The highest BCUT2D eigenvalue weighted by Gasteiger charge is 2.24. The van der Waals surface area contributed by atoms with E-state index in [0.29, 0.717) is 30.0 Å². The average Bonchev–Trinajstić information content (AvgIpc) is 2.94. The molecule has 0 aliphatic carbocycles. The van der Waals surface area contributed by atoms with E-state index in [1.54, 1.807) is 13.1 Å². The van der Waals surface area contributed by atoms with Crippen molar-refractivity contribution in [2.75, 3.05) is 18.0 Å². The van der Waals surface area contributed by atoms with Crippen molar-refractivity contribution in [2.24, 2.45) is 11.7 Å². The van der Waals surface area contributed by atoms with Crippen molar-refractivity contribution >= 4 is 17.0 Å². The van der Waals surface area contributed by atoms with Crippen LogP contribution in [0, 0.1) is 17.8 Å². The maximum atomic E-state index is 13.0. The van der Waals surface area contributed by atoms with E-state index in [4.69, 9.17) is 10.7 Å².